The highest BCUT2D eigenvalue weighted by molar-refractivity contribution is 6.30. The molecule has 1 aromatic rings. The molecule has 5 nitrogen and oxygen atoms in total. The monoisotopic (exact) mass is 281 g/mol. The Morgan fingerprint density at radius 3 is 2.89 bits per heavy atom. The van der Waals surface area contributed by atoms with Crippen molar-refractivity contribution in [2.75, 3.05) is 6.61 Å². The highest BCUT2D eigenvalue weighted by atomic mass is 35.5. The third kappa shape index (κ3) is 3.06. The number of rotatable bonds is 3. The van der Waals surface area contributed by atoms with Crippen LogP contribution in [0.15, 0.2) is 23.8 Å². The Balaban J connectivity index is 2.18. The van der Waals surface area contributed by atoms with Crippen LogP contribution >= 0.6 is 11.6 Å². The van der Waals surface area contributed by atoms with Crippen LogP contribution in [-0.2, 0) is 14.3 Å². The Hall–Kier alpha value is -2.01. The summed E-state index contributed by atoms with van der Waals surface area (Å²) < 4.78 is 10.3. The van der Waals surface area contributed by atoms with Gasteiger partial charge in [-0.25, -0.2) is 4.79 Å². The van der Waals surface area contributed by atoms with Crippen molar-refractivity contribution in [3.8, 4) is 5.75 Å². The molecule has 19 heavy (non-hydrogen) atoms. The van der Waals surface area contributed by atoms with Crippen LogP contribution in [0.25, 0.3) is 6.08 Å². The molecule has 1 aromatic carbocycles. The Bertz CT molecular complexity index is 568. The van der Waals surface area contributed by atoms with E-state index in [1.165, 1.54) is 6.92 Å². The number of benzene rings is 1. The first-order valence-corrected chi connectivity index (χ1v) is 5.98. The summed E-state index contributed by atoms with van der Waals surface area (Å²) in [6, 6.07) is 5.11. The van der Waals surface area contributed by atoms with Crippen molar-refractivity contribution in [1.82, 2.24) is 0 Å². The number of ether oxygens (including phenoxy) is 2. The number of fused-ring (bicyclic) bond motifs is 1. The van der Waals surface area contributed by atoms with E-state index in [1.54, 1.807) is 24.3 Å². The van der Waals surface area contributed by atoms with Crippen LogP contribution < -0.4 is 10.5 Å². The molecule has 0 aromatic heterocycles. The number of nitrogens with two attached hydrogens (primary N) is 1. The number of hydrogen-bond donors (Lipinski definition) is 1. The zero-order chi connectivity index (χ0) is 14.0. The van der Waals surface area contributed by atoms with Crippen molar-refractivity contribution in [3.63, 3.8) is 0 Å². The number of primary amides is 1. The average Bonchev–Trinajstić information content (AvgIpc) is 2.37. The van der Waals surface area contributed by atoms with E-state index in [2.05, 4.69) is 0 Å². The summed E-state index contributed by atoms with van der Waals surface area (Å²) in [5.74, 6) is -0.685. The first-order valence-electron chi connectivity index (χ1n) is 5.60. The van der Waals surface area contributed by atoms with E-state index in [4.69, 9.17) is 26.8 Å². The number of carbonyl (C=O) groups is 2. The van der Waals surface area contributed by atoms with Crippen molar-refractivity contribution in [2.24, 2.45) is 5.73 Å². The zero-order valence-electron chi connectivity index (χ0n) is 10.2. The molecule has 2 N–H and O–H groups in total. The summed E-state index contributed by atoms with van der Waals surface area (Å²) in [6.07, 6.45) is 0.648. The predicted molar refractivity (Wildman–Crippen MR) is 69.7 cm³/mol. The summed E-state index contributed by atoms with van der Waals surface area (Å²) >= 11 is 5.87. The van der Waals surface area contributed by atoms with Crippen molar-refractivity contribution in [2.45, 2.75) is 13.0 Å². The Morgan fingerprint density at radius 1 is 1.47 bits per heavy atom. The van der Waals surface area contributed by atoms with Crippen LogP contribution in [0.5, 0.6) is 5.75 Å². The number of halogens is 1. The van der Waals surface area contributed by atoms with Crippen molar-refractivity contribution in [1.29, 1.82) is 0 Å². The maximum absolute atomic E-state index is 11.8. The lowest BCUT2D eigenvalue weighted by Gasteiger charge is -2.18. The van der Waals surface area contributed by atoms with E-state index in [0.717, 1.165) is 0 Å². The molecule has 0 saturated carbocycles. The minimum atomic E-state index is -0.978. The van der Waals surface area contributed by atoms with E-state index < -0.39 is 18.0 Å². The molecule has 0 saturated heterocycles. The topological polar surface area (TPSA) is 78.6 Å². The minimum Gasteiger partial charge on any atom is -0.488 e. The summed E-state index contributed by atoms with van der Waals surface area (Å²) in [4.78, 5) is 22.6. The van der Waals surface area contributed by atoms with Gasteiger partial charge in [0.05, 0.1) is 5.57 Å². The molecular weight excluding hydrogens is 270 g/mol. The van der Waals surface area contributed by atoms with Gasteiger partial charge in [-0.1, -0.05) is 11.6 Å². The van der Waals surface area contributed by atoms with Gasteiger partial charge in [0.15, 0.2) is 6.10 Å². The third-order valence-electron chi connectivity index (χ3n) is 2.63. The molecule has 0 bridgehead atoms. The number of hydrogen-bond acceptors (Lipinski definition) is 4. The lowest BCUT2D eigenvalue weighted by Crippen LogP contribution is -2.31. The van der Waals surface area contributed by atoms with Gasteiger partial charge in [0.2, 0.25) is 0 Å². The van der Waals surface area contributed by atoms with Gasteiger partial charge in [-0.05, 0) is 31.2 Å². The summed E-state index contributed by atoms with van der Waals surface area (Å²) in [5.41, 5.74) is 6.03. The third-order valence-corrected chi connectivity index (χ3v) is 2.87. The Morgan fingerprint density at radius 2 is 2.21 bits per heavy atom. The first-order chi connectivity index (χ1) is 8.97. The smallest absolute Gasteiger partial charge is 0.338 e. The molecule has 0 unspecified atom stereocenters. The summed E-state index contributed by atoms with van der Waals surface area (Å²) in [5, 5.41) is 0.540. The predicted octanol–water partition coefficient (Wildman–Crippen LogP) is 1.53. The van der Waals surface area contributed by atoms with E-state index in [9.17, 15) is 9.59 Å². The second-order valence-corrected chi connectivity index (χ2v) is 4.53. The first kappa shape index (κ1) is 13.4. The number of esters is 1. The molecule has 1 aliphatic rings. The zero-order valence-corrected chi connectivity index (χ0v) is 10.9. The lowest BCUT2D eigenvalue weighted by atomic mass is 10.1. The number of carbonyl (C=O) groups excluding carboxylic acids is 2. The van der Waals surface area contributed by atoms with Crippen LogP contribution in [0.4, 0.5) is 0 Å². The van der Waals surface area contributed by atoms with Crippen molar-refractivity contribution < 1.29 is 19.1 Å². The maximum Gasteiger partial charge on any atom is 0.338 e. The van der Waals surface area contributed by atoms with E-state index in [1.807, 2.05) is 0 Å². The molecule has 1 aliphatic heterocycles. The van der Waals surface area contributed by atoms with Gasteiger partial charge >= 0.3 is 5.97 Å². The van der Waals surface area contributed by atoms with Gasteiger partial charge in [0.25, 0.3) is 5.91 Å². The van der Waals surface area contributed by atoms with Gasteiger partial charge in [0.1, 0.15) is 12.4 Å². The van der Waals surface area contributed by atoms with Gasteiger partial charge in [0, 0.05) is 10.6 Å². The van der Waals surface area contributed by atoms with Crippen LogP contribution in [0.3, 0.4) is 0 Å². The van der Waals surface area contributed by atoms with E-state index >= 15 is 0 Å². The fraction of sp³-hybridized carbons (Fsp3) is 0.231. The van der Waals surface area contributed by atoms with Crippen LogP contribution in [0.2, 0.25) is 5.02 Å². The second-order valence-electron chi connectivity index (χ2n) is 4.09. The van der Waals surface area contributed by atoms with Gasteiger partial charge in [-0.3, -0.25) is 4.79 Å². The molecule has 1 heterocycles. The molecule has 0 aliphatic carbocycles. The normalized spacial score (nSPS) is 14.7. The Kier molecular flexibility index (Phi) is 3.76. The molecule has 1 atom stereocenters. The van der Waals surface area contributed by atoms with Crippen molar-refractivity contribution >= 4 is 29.6 Å². The molecule has 1 amide bonds. The lowest BCUT2D eigenvalue weighted by molar-refractivity contribution is -0.150. The largest absolute Gasteiger partial charge is 0.488 e. The van der Waals surface area contributed by atoms with Crippen LogP contribution in [-0.4, -0.2) is 24.6 Å². The molecular formula is C13H12ClNO4. The van der Waals surface area contributed by atoms with Gasteiger partial charge in [-0.2, -0.15) is 0 Å². The summed E-state index contributed by atoms with van der Waals surface area (Å²) in [6.45, 7) is 1.49. The fourth-order valence-electron chi connectivity index (χ4n) is 1.56. The second kappa shape index (κ2) is 5.32. The van der Waals surface area contributed by atoms with Crippen LogP contribution in [0.1, 0.15) is 12.5 Å². The summed E-state index contributed by atoms with van der Waals surface area (Å²) in [7, 11) is 0. The average molecular weight is 282 g/mol. The minimum absolute atomic E-state index is 0.0823. The maximum atomic E-state index is 11.8. The van der Waals surface area contributed by atoms with E-state index in [0.29, 0.717) is 21.9 Å². The highest BCUT2D eigenvalue weighted by Gasteiger charge is 2.22. The Labute approximate surface area is 114 Å². The SMILES string of the molecule is C[C@H](OC(=O)C1=Cc2cc(Cl)ccc2OC1)C(N)=O. The molecule has 0 spiro atoms. The standard InChI is InChI=1S/C13H12ClNO4/c1-7(12(15)16)19-13(17)9-4-8-5-10(14)2-3-11(8)18-6-9/h2-5,7H,6H2,1H3,(H2,15,16)/t7-/m0/s1. The highest BCUT2D eigenvalue weighted by Crippen LogP contribution is 2.29. The van der Waals surface area contributed by atoms with Gasteiger partial charge in [-0.15, -0.1) is 0 Å². The number of amides is 1. The molecule has 0 fully saturated rings. The molecule has 100 valence electrons. The van der Waals surface area contributed by atoms with E-state index in [-0.39, 0.29) is 6.61 Å². The molecule has 0 radical (unpaired) electrons. The molecule has 6 heteroatoms. The van der Waals surface area contributed by atoms with Crippen molar-refractivity contribution in [3.05, 3.63) is 34.4 Å². The van der Waals surface area contributed by atoms with Gasteiger partial charge < -0.3 is 15.2 Å². The fourth-order valence-corrected chi connectivity index (χ4v) is 1.74. The van der Waals surface area contributed by atoms with Crippen LogP contribution in [0, 0.1) is 0 Å². The quantitative estimate of drug-likeness (QED) is 0.852. The molecule has 2 rings (SSSR count).